The van der Waals surface area contributed by atoms with E-state index in [9.17, 15) is 17.6 Å². The summed E-state index contributed by atoms with van der Waals surface area (Å²) in [5, 5.41) is 4.95. The molecule has 39 heavy (non-hydrogen) atoms. The van der Waals surface area contributed by atoms with E-state index in [1.165, 1.54) is 12.1 Å². The molecule has 212 valence electrons. The van der Waals surface area contributed by atoms with Crippen LogP contribution in [0.5, 0.6) is 5.75 Å². The van der Waals surface area contributed by atoms with Gasteiger partial charge in [-0.05, 0) is 79.2 Å². The summed E-state index contributed by atoms with van der Waals surface area (Å²) in [6.07, 6.45) is -0.952. The predicted molar refractivity (Wildman–Crippen MR) is 144 cm³/mol. The van der Waals surface area contributed by atoms with Crippen LogP contribution in [-0.2, 0) is 17.1 Å². The number of fused-ring (bicyclic) bond motifs is 1. The second-order valence-electron chi connectivity index (χ2n) is 11.8. The number of alkyl halides is 3. The minimum Gasteiger partial charge on any atom is -0.490 e. The Morgan fingerprint density at radius 3 is 2.36 bits per heavy atom. The zero-order chi connectivity index (χ0) is 28.8. The molecule has 0 radical (unpaired) electrons. The second kappa shape index (κ2) is 10.8. The van der Waals surface area contributed by atoms with Crippen molar-refractivity contribution < 1.29 is 31.1 Å². The number of nitrogens with one attached hydrogen (secondary N) is 1. The number of hydrogen-bond donors (Lipinski definition) is 1. The summed E-state index contributed by atoms with van der Waals surface area (Å²) >= 11 is 0. The molecule has 4 rings (SSSR count). The van der Waals surface area contributed by atoms with E-state index < -0.39 is 25.9 Å². The van der Waals surface area contributed by atoms with Crippen molar-refractivity contribution >= 4 is 19.1 Å². The standard InChI is InChI=1S/C29H35F5N2O2Si/c1-17(38-39(5,6)28(2,3)4)22-14-27(31)24(21-9-10-35-15-23(21)22)16-36-18-11-20(12-18)37-19-7-8-26(30)25(13-19)29(32,33)34/h7-10,13-15,17-18,20,36H,11-12,16H2,1-6H3/t17?,18-,20-. The topological polar surface area (TPSA) is 43.4 Å². The number of rotatable bonds is 8. The molecule has 4 nitrogen and oxygen atoms in total. The maximum Gasteiger partial charge on any atom is 0.419 e. The van der Waals surface area contributed by atoms with Crippen LogP contribution in [0.15, 0.2) is 42.7 Å². The fourth-order valence-corrected chi connectivity index (χ4v) is 5.94. The van der Waals surface area contributed by atoms with Crippen LogP contribution in [0.4, 0.5) is 22.0 Å². The summed E-state index contributed by atoms with van der Waals surface area (Å²) in [4.78, 5) is 4.27. The Balaban J connectivity index is 1.42. The number of nitrogens with zero attached hydrogens (tertiary/aromatic N) is 1. The first-order valence-electron chi connectivity index (χ1n) is 13.1. The number of halogens is 5. The summed E-state index contributed by atoms with van der Waals surface area (Å²) in [6, 6.07) is 5.99. The molecule has 1 N–H and O–H groups in total. The Kier molecular flexibility index (Phi) is 8.13. The van der Waals surface area contributed by atoms with E-state index in [2.05, 4.69) is 44.2 Å². The van der Waals surface area contributed by atoms with E-state index in [0.717, 1.165) is 22.4 Å². The van der Waals surface area contributed by atoms with Gasteiger partial charge in [0.1, 0.15) is 23.5 Å². The van der Waals surface area contributed by atoms with Crippen molar-refractivity contribution in [2.45, 2.75) is 89.6 Å². The Hall–Kier alpha value is -2.56. The van der Waals surface area contributed by atoms with Crippen molar-refractivity contribution in [1.82, 2.24) is 10.3 Å². The van der Waals surface area contributed by atoms with E-state index in [-0.39, 0.29) is 41.4 Å². The van der Waals surface area contributed by atoms with Crippen LogP contribution in [0.1, 0.15) is 63.3 Å². The molecule has 1 heterocycles. The zero-order valence-electron chi connectivity index (χ0n) is 23.0. The minimum absolute atomic E-state index is 0.00865. The molecule has 0 spiro atoms. The van der Waals surface area contributed by atoms with Gasteiger partial charge in [0, 0.05) is 35.9 Å². The molecule has 1 aliphatic rings. The van der Waals surface area contributed by atoms with Gasteiger partial charge in [-0.3, -0.25) is 4.98 Å². The van der Waals surface area contributed by atoms with E-state index in [1.807, 2.05) is 6.92 Å². The van der Waals surface area contributed by atoms with Gasteiger partial charge in [-0.25, -0.2) is 8.78 Å². The molecular formula is C29H35F5N2O2Si. The van der Waals surface area contributed by atoms with Crippen molar-refractivity contribution in [2.24, 2.45) is 0 Å². The summed E-state index contributed by atoms with van der Waals surface area (Å²) in [5.74, 6) is -1.69. The van der Waals surface area contributed by atoms with Crippen LogP contribution < -0.4 is 10.1 Å². The van der Waals surface area contributed by atoms with Gasteiger partial charge in [0.25, 0.3) is 0 Å². The van der Waals surface area contributed by atoms with Crippen molar-refractivity contribution in [1.29, 1.82) is 0 Å². The zero-order valence-corrected chi connectivity index (χ0v) is 24.0. The van der Waals surface area contributed by atoms with E-state index >= 15 is 4.39 Å². The lowest BCUT2D eigenvalue weighted by Crippen LogP contribution is -2.46. The minimum atomic E-state index is -4.79. The lowest BCUT2D eigenvalue weighted by atomic mass is 9.88. The van der Waals surface area contributed by atoms with Crippen LogP contribution in [0.2, 0.25) is 18.1 Å². The van der Waals surface area contributed by atoms with Gasteiger partial charge in [0.05, 0.1) is 11.7 Å². The molecule has 0 amide bonds. The largest absolute Gasteiger partial charge is 0.490 e. The van der Waals surface area contributed by atoms with Crippen LogP contribution in [0.3, 0.4) is 0 Å². The predicted octanol–water partition coefficient (Wildman–Crippen LogP) is 8.31. The molecule has 10 heteroatoms. The van der Waals surface area contributed by atoms with Gasteiger partial charge in [-0.2, -0.15) is 13.2 Å². The summed E-state index contributed by atoms with van der Waals surface area (Å²) in [5.41, 5.74) is -0.0643. The van der Waals surface area contributed by atoms with E-state index in [4.69, 9.17) is 9.16 Å². The third kappa shape index (κ3) is 6.44. The smallest absolute Gasteiger partial charge is 0.419 e. The first-order chi connectivity index (χ1) is 18.1. The summed E-state index contributed by atoms with van der Waals surface area (Å²) < 4.78 is 80.1. The van der Waals surface area contributed by atoms with Crippen LogP contribution >= 0.6 is 0 Å². The first kappa shape index (κ1) is 29.4. The van der Waals surface area contributed by atoms with Crippen molar-refractivity contribution in [3.8, 4) is 5.75 Å². The van der Waals surface area contributed by atoms with Crippen LogP contribution in [0, 0.1) is 11.6 Å². The van der Waals surface area contributed by atoms with Gasteiger partial charge < -0.3 is 14.5 Å². The summed E-state index contributed by atoms with van der Waals surface area (Å²) in [7, 11) is -2.09. The fraction of sp³-hybridized carbons (Fsp3) is 0.483. The fourth-order valence-electron chi connectivity index (χ4n) is 4.58. The third-order valence-corrected chi connectivity index (χ3v) is 12.5. The van der Waals surface area contributed by atoms with Gasteiger partial charge in [0.15, 0.2) is 8.32 Å². The molecule has 1 saturated carbocycles. The number of ether oxygens (including phenoxy) is 1. The molecule has 1 atom stereocenters. The van der Waals surface area contributed by atoms with Crippen molar-refractivity contribution in [3.05, 3.63) is 71.1 Å². The molecule has 1 unspecified atom stereocenters. The maximum atomic E-state index is 15.5. The SMILES string of the molecule is CC(O[Si](C)(C)C(C)(C)C)c1cc(F)c(CN[C@H]2C[C@H](Oc3ccc(F)c(C(F)(F)F)c3)C2)c2ccncc12. The molecule has 0 bridgehead atoms. The van der Waals surface area contributed by atoms with Crippen LogP contribution in [0.25, 0.3) is 10.8 Å². The van der Waals surface area contributed by atoms with E-state index in [1.54, 1.807) is 18.5 Å². The normalized spacial score (nSPS) is 19.2. The van der Waals surface area contributed by atoms with Crippen molar-refractivity contribution in [3.63, 3.8) is 0 Å². The third-order valence-electron chi connectivity index (χ3n) is 7.95. The summed E-state index contributed by atoms with van der Waals surface area (Å²) in [6.45, 7) is 13.0. The highest BCUT2D eigenvalue weighted by molar-refractivity contribution is 6.74. The molecule has 0 saturated heterocycles. The number of hydrogen-bond acceptors (Lipinski definition) is 4. The second-order valence-corrected chi connectivity index (χ2v) is 16.6. The van der Waals surface area contributed by atoms with Gasteiger partial charge >= 0.3 is 6.18 Å². The lowest BCUT2D eigenvalue weighted by Gasteiger charge is -2.39. The Morgan fingerprint density at radius 2 is 1.72 bits per heavy atom. The lowest BCUT2D eigenvalue weighted by molar-refractivity contribution is -0.140. The Morgan fingerprint density at radius 1 is 1.03 bits per heavy atom. The maximum absolute atomic E-state index is 15.5. The van der Waals surface area contributed by atoms with Gasteiger partial charge in [-0.15, -0.1) is 0 Å². The molecular weight excluding hydrogens is 531 g/mol. The highest BCUT2D eigenvalue weighted by atomic mass is 28.4. The highest BCUT2D eigenvalue weighted by Gasteiger charge is 2.39. The Labute approximate surface area is 227 Å². The molecule has 2 aromatic carbocycles. The first-order valence-corrected chi connectivity index (χ1v) is 16.0. The quantitative estimate of drug-likeness (QED) is 0.220. The van der Waals surface area contributed by atoms with Gasteiger partial charge in [0.2, 0.25) is 0 Å². The molecule has 1 aromatic heterocycles. The monoisotopic (exact) mass is 566 g/mol. The Bertz CT molecular complexity index is 1330. The van der Waals surface area contributed by atoms with Crippen molar-refractivity contribution in [2.75, 3.05) is 0 Å². The van der Waals surface area contributed by atoms with E-state index in [0.29, 0.717) is 24.5 Å². The number of aromatic nitrogens is 1. The number of benzene rings is 2. The highest BCUT2D eigenvalue weighted by Crippen LogP contribution is 2.41. The van der Waals surface area contributed by atoms with Crippen LogP contribution in [-0.4, -0.2) is 25.4 Å². The average Bonchev–Trinajstić information content (AvgIpc) is 2.80. The van der Waals surface area contributed by atoms with Gasteiger partial charge in [-0.1, -0.05) is 20.8 Å². The molecule has 3 aromatic rings. The average molecular weight is 567 g/mol. The molecule has 0 aliphatic heterocycles. The number of pyridine rings is 1. The molecule has 1 aliphatic carbocycles. The molecule has 1 fully saturated rings.